The summed E-state index contributed by atoms with van der Waals surface area (Å²) in [6.45, 7) is 1.13. The van der Waals surface area contributed by atoms with Crippen molar-refractivity contribution in [3.05, 3.63) is 35.9 Å². The minimum Gasteiger partial charge on any atom is -0.387 e. The highest BCUT2D eigenvalue weighted by Gasteiger charge is 2.23. The van der Waals surface area contributed by atoms with E-state index in [0.29, 0.717) is 18.8 Å². The maximum absolute atomic E-state index is 11.8. The highest BCUT2D eigenvalue weighted by molar-refractivity contribution is 7.89. The summed E-state index contributed by atoms with van der Waals surface area (Å²) in [5, 5.41) is 9.89. The molecule has 2 N–H and O–H groups in total. The van der Waals surface area contributed by atoms with Crippen LogP contribution >= 0.6 is 0 Å². The molecule has 0 aliphatic carbocycles. The zero-order valence-electron chi connectivity index (χ0n) is 10.7. The molecule has 0 amide bonds. The zero-order chi connectivity index (χ0) is 13.7. The predicted octanol–water partition coefficient (Wildman–Crippen LogP) is 0.676. The zero-order valence-corrected chi connectivity index (χ0v) is 11.5. The molecule has 0 bridgehead atoms. The Morgan fingerprint density at radius 3 is 2.74 bits per heavy atom. The minimum atomic E-state index is -3.36. The Hall–Kier alpha value is -0.950. The predicted molar refractivity (Wildman–Crippen MR) is 72.1 cm³/mol. The Labute approximate surface area is 113 Å². The van der Waals surface area contributed by atoms with Crippen molar-refractivity contribution in [1.82, 2.24) is 4.72 Å². The molecule has 5 nitrogen and oxygen atoms in total. The van der Waals surface area contributed by atoms with E-state index in [1.165, 1.54) is 0 Å². The number of ether oxygens (including phenoxy) is 1. The molecule has 1 heterocycles. The molecule has 1 fully saturated rings. The molecule has 0 radical (unpaired) electrons. The molecule has 1 aromatic rings. The second kappa shape index (κ2) is 6.47. The lowest BCUT2D eigenvalue weighted by molar-refractivity contribution is 0.181. The fourth-order valence-electron chi connectivity index (χ4n) is 2.08. The second-order valence-corrected chi connectivity index (χ2v) is 6.64. The number of aliphatic hydroxyl groups excluding tert-OH is 1. The van der Waals surface area contributed by atoms with Gasteiger partial charge >= 0.3 is 0 Å². The van der Waals surface area contributed by atoms with Crippen molar-refractivity contribution in [3.63, 3.8) is 0 Å². The van der Waals surface area contributed by atoms with E-state index in [9.17, 15) is 13.5 Å². The maximum Gasteiger partial charge on any atom is 0.212 e. The Morgan fingerprint density at radius 2 is 2.11 bits per heavy atom. The average molecular weight is 285 g/mol. The first-order valence-corrected chi connectivity index (χ1v) is 8.00. The van der Waals surface area contributed by atoms with Crippen LogP contribution in [0.3, 0.4) is 0 Å². The number of hydrogen-bond donors (Lipinski definition) is 2. The standard InChI is InChI=1S/C13H19NO4S/c15-13(12-4-2-1-3-5-12)8-14-19(16,17)10-11-6-7-18-9-11/h1-5,11,13-15H,6-10H2/t11-,13-/m0/s1. The van der Waals surface area contributed by atoms with Crippen LogP contribution in [-0.2, 0) is 14.8 Å². The Balaban J connectivity index is 1.83. The van der Waals surface area contributed by atoms with E-state index in [-0.39, 0.29) is 18.2 Å². The van der Waals surface area contributed by atoms with Crippen LogP contribution in [0.5, 0.6) is 0 Å². The highest BCUT2D eigenvalue weighted by Crippen LogP contribution is 2.15. The van der Waals surface area contributed by atoms with Gasteiger partial charge in [-0.15, -0.1) is 0 Å². The maximum atomic E-state index is 11.8. The Morgan fingerprint density at radius 1 is 1.37 bits per heavy atom. The third kappa shape index (κ3) is 4.58. The molecule has 0 saturated carbocycles. The van der Waals surface area contributed by atoms with Crippen LogP contribution in [0.15, 0.2) is 30.3 Å². The topological polar surface area (TPSA) is 75.6 Å². The van der Waals surface area contributed by atoms with Crippen LogP contribution in [-0.4, -0.2) is 39.0 Å². The van der Waals surface area contributed by atoms with Gasteiger partial charge in [-0.25, -0.2) is 13.1 Å². The monoisotopic (exact) mass is 285 g/mol. The van der Waals surface area contributed by atoms with E-state index in [1.807, 2.05) is 18.2 Å². The van der Waals surface area contributed by atoms with E-state index in [1.54, 1.807) is 12.1 Å². The highest BCUT2D eigenvalue weighted by atomic mass is 32.2. The first kappa shape index (κ1) is 14.5. The molecular weight excluding hydrogens is 266 g/mol. The number of aliphatic hydroxyl groups is 1. The van der Waals surface area contributed by atoms with Crippen LogP contribution in [0.1, 0.15) is 18.1 Å². The largest absolute Gasteiger partial charge is 0.387 e. The van der Waals surface area contributed by atoms with Crippen LogP contribution in [0.2, 0.25) is 0 Å². The lowest BCUT2D eigenvalue weighted by atomic mass is 10.1. The van der Waals surface area contributed by atoms with Gasteiger partial charge in [0, 0.05) is 13.2 Å². The fourth-order valence-corrected chi connectivity index (χ4v) is 3.50. The molecule has 6 heteroatoms. The van der Waals surface area contributed by atoms with Gasteiger partial charge in [0.15, 0.2) is 0 Å². The molecule has 1 aliphatic heterocycles. The van der Waals surface area contributed by atoms with Crippen LogP contribution in [0.25, 0.3) is 0 Å². The first-order valence-electron chi connectivity index (χ1n) is 6.35. The van der Waals surface area contributed by atoms with Crippen molar-refractivity contribution in [3.8, 4) is 0 Å². The summed E-state index contributed by atoms with van der Waals surface area (Å²) in [7, 11) is -3.36. The lowest BCUT2D eigenvalue weighted by Gasteiger charge is -2.14. The second-order valence-electron chi connectivity index (χ2n) is 4.79. The first-order chi connectivity index (χ1) is 9.07. The summed E-state index contributed by atoms with van der Waals surface area (Å²) in [4.78, 5) is 0. The van der Waals surface area contributed by atoms with E-state index >= 15 is 0 Å². The summed E-state index contributed by atoms with van der Waals surface area (Å²) in [6, 6.07) is 9.00. The van der Waals surface area contributed by atoms with Crippen molar-refractivity contribution < 1.29 is 18.3 Å². The summed E-state index contributed by atoms with van der Waals surface area (Å²) in [5.41, 5.74) is 0.703. The number of rotatable bonds is 6. The molecular formula is C13H19NO4S. The number of hydrogen-bond acceptors (Lipinski definition) is 4. The molecule has 106 valence electrons. The van der Waals surface area contributed by atoms with Gasteiger partial charge in [0.1, 0.15) is 0 Å². The van der Waals surface area contributed by atoms with E-state index in [0.717, 1.165) is 6.42 Å². The molecule has 19 heavy (non-hydrogen) atoms. The average Bonchev–Trinajstić information content (AvgIpc) is 2.89. The van der Waals surface area contributed by atoms with Crippen molar-refractivity contribution in [2.24, 2.45) is 5.92 Å². The van der Waals surface area contributed by atoms with Gasteiger partial charge in [0.2, 0.25) is 10.0 Å². The molecule has 1 aliphatic rings. The molecule has 0 unspecified atom stereocenters. The molecule has 2 rings (SSSR count). The van der Waals surface area contributed by atoms with Gasteiger partial charge in [-0.1, -0.05) is 30.3 Å². The van der Waals surface area contributed by atoms with E-state index < -0.39 is 16.1 Å². The molecule has 2 atom stereocenters. The van der Waals surface area contributed by atoms with Crippen molar-refractivity contribution in [2.45, 2.75) is 12.5 Å². The SMILES string of the molecule is O=S(=O)(C[C@H]1CCOC1)NC[C@H](O)c1ccccc1. The van der Waals surface area contributed by atoms with Gasteiger partial charge < -0.3 is 9.84 Å². The van der Waals surface area contributed by atoms with Crippen LogP contribution in [0, 0.1) is 5.92 Å². The van der Waals surface area contributed by atoms with Gasteiger partial charge in [-0.2, -0.15) is 0 Å². The minimum absolute atomic E-state index is 0.0000756. The summed E-state index contributed by atoms with van der Waals surface area (Å²) >= 11 is 0. The Kier molecular flexibility index (Phi) is 4.93. The number of sulfonamides is 1. The lowest BCUT2D eigenvalue weighted by Crippen LogP contribution is -2.33. The quantitative estimate of drug-likeness (QED) is 0.806. The third-order valence-electron chi connectivity index (χ3n) is 3.16. The van der Waals surface area contributed by atoms with Gasteiger partial charge in [-0.05, 0) is 17.9 Å². The van der Waals surface area contributed by atoms with Gasteiger partial charge in [0.05, 0.1) is 18.5 Å². The summed E-state index contributed by atoms with van der Waals surface area (Å²) in [6.07, 6.45) is -0.0434. The summed E-state index contributed by atoms with van der Waals surface area (Å²) < 4.78 is 31.3. The smallest absolute Gasteiger partial charge is 0.212 e. The number of benzene rings is 1. The van der Waals surface area contributed by atoms with Crippen molar-refractivity contribution in [2.75, 3.05) is 25.5 Å². The van der Waals surface area contributed by atoms with Crippen LogP contribution < -0.4 is 4.72 Å². The van der Waals surface area contributed by atoms with Crippen molar-refractivity contribution in [1.29, 1.82) is 0 Å². The fraction of sp³-hybridized carbons (Fsp3) is 0.538. The summed E-state index contributed by atoms with van der Waals surface area (Å²) in [5.74, 6) is 0.125. The molecule has 1 aromatic carbocycles. The van der Waals surface area contributed by atoms with Gasteiger partial charge in [-0.3, -0.25) is 0 Å². The van der Waals surface area contributed by atoms with Gasteiger partial charge in [0.25, 0.3) is 0 Å². The van der Waals surface area contributed by atoms with Crippen LogP contribution in [0.4, 0.5) is 0 Å². The molecule has 0 spiro atoms. The Bertz CT molecular complexity index is 483. The van der Waals surface area contributed by atoms with E-state index in [4.69, 9.17) is 4.74 Å². The van der Waals surface area contributed by atoms with E-state index in [2.05, 4.69) is 4.72 Å². The number of nitrogens with one attached hydrogen (secondary N) is 1. The van der Waals surface area contributed by atoms with Crippen molar-refractivity contribution >= 4 is 10.0 Å². The molecule has 1 saturated heterocycles. The third-order valence-corrected chi connectivity index (χ3v) is 4.68. The molecule has 0 aromatic heterocycles. The normalized spacial score (nSPS) is 21.4.